The van der Waals surface area contributed by atoms with Gasteiger partial charge in [-0.15, -0.1) is 0 Å². The molecule has 0 atom stereocenters. The Labute approximate surface area is 141 Å². The summed E-state index contributed by atoms with van der Waals surface area (Å²) < 4.78 is 10.4. The third-order valence-corrected chi connectivity index (χ3v) is 3.63. The fourth-order valence-electron chi connectivity index (χ4n) is 2.46. The lowest BCUT2D eigenvalue weighted by molar-refractivity contribution is -0.140. The summed E-state index contributed by atoms with van der Waals surface area (Å²) in [6.45, 7) is 3.16. The molecule has 0 N–H and O–H groups in total. The van der Waals surface area contributed by atoms with Gasteiger partial charge in [-0.05, 0) is 42.3 Å². The summed E-state index contributed by atoms with van der Waals surface area (Å²) in [5.74, 6) is 0.974. The Morgan fingerprint density at radius 3 is 1.58 bits per heavy atom. The standard InChI is InChI=1S/C19H21NO4/c1-13(20-24-14(2)21)19(15-5-9-17(22-3)10-6-15)16-7-11-18(23-4)12-8-16/h5-12,19H,1-4H3/b20-13+. The van der Waals surface area contributed by atoms with Crippen LogP contribution in [0.15, 0.2) is 53.7 Å². The Morgan fingerprint density at radius 1 is 0.833 bits per heavy atom. The zero-order valence-corrected chi connectivity index (χ0v) is 14.3. The van der Waals surface area contributed by atoms with Crippen LogP contribution in [-0.4, -0.2) is 25.9 Å². The van der Waals surface area contributed by atoms with Crippen LogP contribution in [-0.2, 0) is 9.63 Å². The van der Waals surface area contributed by atoms with Crippen LogP contribution in [0.5, 0.6) is 11.5 Å². The first-order valence-corrected chi connectivity index (χ1v) is 7.55. The van der Waals surface area contributed by atoms with Gasteiger partial charge in [0, 0.05) is 6.92 Å². The van der Waals surface area contributed by atoms with Crippen LogP contribution in [0.4, 0.5) is 0 Å². The van der Waals surface area contributed by atoms with Crippen molar-refractivity contribution in [1.82, 2.24) is 0 Å². The van der Waals surface area contributed by atoms with Gasteiger partial charge in [-0.2, -0.15) is 0 Å². The number of ether oxygens (including phenoxy) is 2. The van der Waals surface area contributed by atoms with E-state index in [9.17, 15) is 4.79 Å². The summed E-state index contributed by atoms with van der Waals surface area (Å²) in [6.07, 6.45) is 0. The summed E-state index contributed by atoms with van der Waals surface area (Å²) in [5, 5.41) is 3.97. The monoisotopic (exact) mass is 327 g/mol. The molecule has 0 bridgehead atoms. The van der Waals surface area contributed by atoms with Crippen molar-refractivity contribution in [2.75, 3.05) is 14.2 Å². The van der Waals surface area contributed by atoms with Gasteiger partial charge in [0.2, 0.25) is 0 Å². The molecule has 0 aliphatic carbocycles. The molecule has 5 nitrogen and oxygen atoms in total. The van der Waals surface area contributed by atoms with Gasteiger partial charge >= 0.3 is 5.97 Å². The van der Waals surface area contributed by atoms with Gasteiger partial charge in [-0.3, -0.25) is 0 Å². The van der Waals surface area contributed by atoms with Gasteiger partial charge in [0.25, 0.3) is 0 Å². The summed E-state index contributed by atoms with van der Waals surface area (Å²) in [6, 6.07) is 15.5. The van der Waals surface area contributed by atoms with E-state index in [2.05, 4.69) is 5.16 Å². The Hall–Kier alpha value is -2.82. The molecule has 0 saturated heterocycles. The van der Waals surface area contributed by atoms with Crippen LogP contribution in [0.25, 0.3) is 0 Å². The molecule has 2 aromatic carbocycles. The fraction of sp³-hybridized carbons (Fsp3) is 0.263. The van der Waals surface area contributed by atoms with Gasteiger partial charge in [-0.25, -0.2) is 4.79 Å². The van der Waals surface area contributed by atoms with Crippen molar-refractivity contribution in [2.24, 2.45) is 5.16 Å². The van der Waals surface area contributed by atoms with E-state index >= 15 is 0 Å². The highest BCUT2D eigenvalue weighted by atomic mass is 16.7. The molecule has 5 heteroatoms. The first kappa shape index (κ1) is 17.5. The van der Waals surface area contributed by atoms with Crippen molar-refractivity contribution in [3.63, 3.8) is 0 Å². The van der Waals surface area contributed by atoms with E-state index in [0.29, 0.717) is 5.71 Å². The molecule has 0 aliphatic heterocycles. The molecule has 126 valence electrons. The number of hydrogen-bond donors (Lipinski definition) is 0. The number of carbonyl (C=O) groups excluding carboxylic acids is 1. The second-order valence-corrected chi connectivity index (χ2v) is 5.29. The zero-order valence-electron chi connectivity index (χ0n) is 14.3. The highest BCUT2D eigenvalue weighted by molar-refractivity contribution is 5.92. The highest BCUT2D eigenvalue weighted by Gasteiger charge is 2.19. The van der Waals surface area contributed by atoms with Gasteiger partial charge < -0.3 is 14.3 Å². The van der Waals surface area contributed by atoms with Crippen LogP contribution in [0.2, 0.25) is 0 Å². The summed E-state index contributed by atoms with van der Waals surface area (Å²) in [7, 11) is 3.26. The Kier molecular flexibility index (Phi) is 5.95. The summed E-state index contributed by atoms with van der Waals surface area (Å²) >= 11 is 0. The number of oxime groups is 1. The number of hydrogen-bond acceptors (Lipinski definition) is 5. The Bertz CT molecular complexity index is 658. The summed E-state index contributed by atoms with van der Waals surface area (Å²) in [4.78, 5) is 15.9. The van der Waals surface area contributed by atoms with Gasteiger partial charge in [0.15, 0.2) is 0 Å². The van der Waals surface area contributed by atoms with Crippen LogP contribution >= 0.6 is 0 Å². The molecule has 0 amide bonds. The van der Waals surface area contributed by atoms with Crippen molar-refractivity contribution in [3.8, 4) is 11.5 Å². The van der Waals surface area contributed by atoms with Crippen LogP contribution < -0.4 is 9.47 Å². The molecule has 2 aromatic rings. The molecule has 0 heterocycles. The van der Waals surface area contributed by atoms with Gasteiger partial charge in [0.1, 0.15) is 11.5 Å². The number of benzene rings is 2. The van der Waals surface area contributed by atoms with E-state index in [-0.39, 0.29) is 5.92 Å². The van der Waals surface area contributed by atoms with Crippen molar-refractivity contribution >= 4 is 11.7 Å². The van der Waals surface area contributed by atoms with E-state index in [0.717, 1.165) is 22.6 Å². The lowest BCUT2D eigenvalue weighted by Gasteiger charge is -2.18. The lowest BCUT2D eigenvalue weighted by atomic mass is 9.88. The normalized spacial score (nSPS) is 11.3. The fourth-order valence-corrected chi connectivity index (χ4v) is 2.46. The predicted molar refractivity (Wildman–Crippen MR) is 92.7 cm³/mol. The maximum Gasteiger partial charge on any atom is 0.331 e. The average Bonchev–Trinajstić information content (AvgIpc) is 2.61. The molecule has 0 fully saturated rings. The molecular weight excluding hydrogens is 306 g/mol. The van der Waals surface area contributed by atoms with Crippen LogP contribution in [0.3, 0.4) is 0 Å². The number of carbonyl (C=O) groups is 1. The molecule has 0 spiro atoms. The highest BCUT2D eigenvalue weighted by Crippen LogP contribution is 2.29. The van der Waals surface area contributed by atoms with E-state index in [1.807, 2.05) is 55.5 Å². The topological polar surface area (TPSA) is 57.1 Å². The number of nitrogens with zero attached hydrogens (tertiary/aromatic N) is 1. The smallest absolute Gasteiger partial charge is 0.331 e. The number of rotatable bonds is 6. The molecule has 0 saturated carbocycles. The minimum absolute atomic E-state index is 0.138. The van der Waals surface area contributed by atoms with Crippen molar-refractivity contribution in [1.29, 1.82) is 0 Å². The van der Waals surface area contributed by atoms with E-state index in [1.54, 1.807) is 14.2 Å². The van der Waals surface area contributed by atoms with Crippen molar-refractivity contribution < 1.29 is 19.1 Å². The second kappa shape index (κ2) is 8.15. The predicted octanol–water partition coefficient (Wildman–Crippen LogP) is 3.77. The average molecular weight is 327 g/mol. The minimum Gasteiger partial charge on any atom is -0.497 e. The molecular formula is C19H21NO4. The van der Waals surface area contributed by atoms with Crippen LogP contribution in [0.1, 0.15) is 30.9 Å². The lowest BCUT2D eigenvalue weighted by Crippen LogP contribution is -2.12. The molecule has 0 unspecified atom stereocenters. The first-order valence-electron chi connectivity index (χ1n) is 7.55. The quantitative estimate of drug-likeness (QED) is 0.460. The molecule has 0 aliphatic rings. The maximum atomic E-state index is 11.0. The Morgan fingerprint density at radius 2 is 1.25 bits per heavy atom. The Balaban J connectivity index is 2.42. The molecule has 24 heavy (non-hydrogen) atoms. The third kappa shape index (κ3) is 4.35. The van der Waals surface area contributed by atoms with E-state index in [4.69, 9.17) is 14.3 Å². The van der Waals surface area contributed by atoms with E-state index < -0.39 is 5.97 Å². The van der Waals surface area contributed by atoms with Crippen LogP contribution in [0, 0.1) is 0 Å². The summed E-state index contributed by atoms with van der Waals surface area (Å²) in [5.41, 5.74) is 2.73. The number of methoxy groups -OCH3 is 2. The molecule has 2 rings (SSSR count). The van der Waals surface area contributed by atoms with Gasteiger partial charge in [-0.1, -0.05) is 29.4 Å². The van der Waals surface area contributed by atoms with Crippen molar-refractivity contribution in [3.05, 3.63) is 59.7 Å². The van der Waals surface area contributed by atoms with Crippen molar-refractivity contribution in [2.45, 2.75) is 19.8 Å². The zero-order chi connectivity index (χ0) is 17.5. The second-order valence-electron chi connectivity index (χ2n) is 5.29. The molecule has 0 aromatic heterocycles. The van der Waals surface area contributed by atoms with E-state index in [1.165, 1.54) is 6.92 Å². The first-order chi connectivity index (χ1) is 11.5. The SMILES string of the molecule is COc1ccc(C(/C(C)=N/OC(C)=O)c2ccc(OC)cc2)cc1. The molecule has 0 radical (unpaired) electrons. The maximum absolute atomic E-state index is 11.0. The largest absolute Gasteiger partial charge is 0.497 e. The minimum atomic E-state index is -0.447. The third-order valence-electron chi connectivity index (χ3n) is 3.63. The van der Waals surface area contributed by atoms with Gasteiger partial charge in [0.05, 0.1) is 25.8 Å².